The largest absolute Gasteiger partial charge is 0.348 e. The summed E-state index contributed by atoms with van der Waals surface area (Å²) in [4.78, 5) is 20.6. The molecule has 0 spiro atoms. The number of benzene rings is 2. The molecule has 2 aromatic heterocycles. The third-order valence-electron chi connectivity index (χ3n) is 4.21. The third-order valence-corrected chi connectivity index (χ3v) is 4.21. The smallest absolute Gasteiger partial charge is 0.251 e. The van der Waals surface area contributed by atoms with Crippen LogP contribution in [0.3, 0.4) is 0 Å². The minimum Gasteiger partial charge on any atom is -0.348 e. The fraction of sp³-hybridized carbons (Fsp3) is 0.100. The van der Waals surface area contributed by atoms with Crippen molar-refractivity contribution in [2.75, 3.05) is 0 Å². The summed E-state index contributed by atoms with van der Waals surface area (Å²) in [5.41, 5.74) is 3.62. The van der Waals surface area contributed by atoms with Gasteiger partial charge in [0.1, 0.15) is 12.7 Å². The first-order valence-corrected chi connectivity index (χ1v) is 8.55. The standard InChI is InChI=1S/C20H18N6O/c27-20(17-6-3-4-16(10-17)12-26-15-22-13-24-26)23-11-18-5-1-2-7-19(18)25-9-8-21-14-25/h1-10,13-15H,11-12H2,(H,23,27). The van der Waals surface area contributed by atoms with Crippen LogP contribution in [0.2, 0.25) is 0 Å². The van der Waals surface area contributed by atoms with Crippen molar-refractivity contribution in [1.29, 1.82) is 0 Å². The lowest BCUT2D eigenvalue weighted by Gasteiger charge is -2.12. The van der Waals surface area contributed by atoms with Gasteiger partial charge >= 0.3 is 0 Å². The first kappa shape index (κ1) is 16.7. The number of amides is 1. The average Bonchev–Trinajstić information content (AvgIpc) is 3.41. The van der Waals surface area contributed by atoms with Gasteiger partial charge in [0.25, 0.3) is 5.91 Å². The second-order valence-corrected chi connectivity index (χ2v) is 6.07. The summed E-state index contributed by atoms with van der Waals surface area (Å²) in [7, 11) is 0. The van der Waals surface area contributed by atoms with Crippen molar-refractivity contribution in [3.8, 4) is 5.69 Å². The van der Waals surface area contributed by atoms with Crippen LogP contribution in [-0.2, 0) is 13.1 Å². The molecule has 4 rings (SSSR count). The van der Waals surface area contributed by atoms with E-state index in [2.05, 4.69) is 20.4 Å². The number of nitrogens with one attached hydrogen (secondary N) is 1. The van der Waals surface area contributed by atoms with Gasteiger partial charge in [-0.25, -0.2) is 14.6 Å². The maximum atomic E-state index is 12.6. The van der Waals surface area contributed by atoms with Crippen LogP contribution in [-0.4, -0.2) is 30.2 Å². The van der Waals surface area contributed by atoms with E-state index < -0.39 is 0 Å². The summed E-state index contributed by atoms with van der Waals surface area (Å²) in [6, 6.07) is 15.4. The van der Waals surface area contributed by atoms with Crippen LogP contribution in [0.25, 0.3) is 5.69 Å². The predicted molar refractivity (Wildman–Crippen MR) is 100 cm³/mol. The van der Waals surface area contributed by atoms with Gasteiger partial charge in [-0.1, -0.05) is 30.3 Å². The highest BCUT2D eigenvalue weighted by Crippen LogP contribution is 2.14. The van der Waals surface area contributed by atoms with Crippen LogP contribution in [0.15, 0.2) is 79.9 Å². The number of hydrogen-bond donors (Lipinski definition) is 1. The second-order valence-electron chi connectivity index (χ2n) is 6.07. The molecule has 0 saturated carbocycles. The third kappa shape index (κ3) is 3.92. The highest BCUT2D eigenvalue weighted by molar-refractivity contribution is 5.94. The molecule has 7 heteroatoms. The van der Waals surface area contributed by atoms with Crippen molar-refractivity contribution in [3.05, 3.63) is 96.6 Å². The minimum absolute atomic E-state index is 0.115. The molecule has 1 N–H and O–H groups in total. The predicted octanol–water partition coefficient (Wildman–Crippen LogP) is 2.44. The van der Waals surface area contributed by atoms with Crippen LogP contribution < -0.4 is 5.32 Å². The first-order valence-electron chi connectivity index (χ1n) is 8.55. The summed E-state index contributed by atoms with van der Waals surface area (Å²) in [6.45, 7) is 1.01. The van der Waals surface area contributed by atoms with E-state index in [-0.39, 0.29) is 5.91 Å². The number of carbonyl (C=O) groups excluding carboxylic acids is 1. The van der Waals surface area contributed by atoms with Crippen LogP contribution in [0, 0.1) is 0 Å². The van der Waals surface area contributed by atoms with Gasteiger partial charge in [0.15, 0.2) is 0 Å². The van der Waals surface area contributed by atoms with E-state index in [4.69, 9.17) is 0 Å². The van der Waals surface area contributed by atoms with Crippen molar-refractivity contribution in [3.63, 3.8) is 0 Å². The topological polar surface area (TPSA) is 77.6 Å². The number of aromatic nitrogens is 5. The van der Waals surface area contributed by atoms with E-state index >= 15 is 0 Å². The Bertz CT molecular complexity index is 1020. The van der Waals surface area contributed by atoms with E-state index in [1.165, 1.54) is 6.33 Å². The van der Waals surface area contributed by atoms with Gasteiger partial charge in [-0.15, -0.1) is 0 Å². The molecule has 0 atom stereocenters. The lowest BCUT2D eigenvalue weighted by Crippen LogP contribution is -2.23. The molecule has 27 heavy (non-hydrogen) atoms. The van der Waals surface area contributed by atoms with Gasteiger partial charge in [0, 0.05) is 24.5 Å². The van der Waals surface area contributed by atoms with Gasteiger partial charge < -0.3 is 9.88 Å². The Balaban J connectivity index is 1.46. The quantitative estimate of drug-likeness (QED) is 0.574. The van der Waals surface area contributed by atoms with Gasteiger partial charge in [-0.2, -0.15) is 5.10 Å². The van der Waals surface area contributed by atoms with E-state index in [9.17, 15) is 4.79 Å². The molecule has 2 aromatic carbocycles. The van der Waals surface area contributed by atoms with Crippen LogP contribution in [0.1, 0.15) is 21.5 Å². The van der Waals surface area contributed by atoms with E-state index in [1.54, 1.807) is 23.5 Å². The Kier molecular flexibility index (Phi) is 4.74. The molecule has 2 heterocycles. The molecule has 7 nitrogen and oxygen atoms in total. The molecular weight excluding hydrogens is 340 g/mol. The molecule has 4 aromatic rings. The van der Waals surface area contributed by atoms with Gasteiger partial charge in [0.05, 0.1) is 18.6 Å². The minimum atomic E-state index is -0.115. The zero-order valence-electron chi connectivity index (χ0n) is 14.6. The van der Waals surface area contributed by atoms with Crippen LogP contribution in [0.5, 0.6) is 0 Å². The van der Waals surface area contributed by atoms with E-state index in [0.717, 1.165) is 16.8 Å². The maximum absolute atomic E-state index is 12.6. The number of para-hydroxylation sites is 1. The van der Waals surface area contributed by atoms with Gasteiger partial charge in [0.2, 0.25) is 0 Å². The fourth-order valence-electron chi connectivity index (χ4n) is 2.90. The summed E-state index contributed by atoms with van der Waals surface area (Å²) in [5, 5.41) is 7.09. The Labute approximate surface area is 156 Å². The van der Waals surface area contributed by atoms with Gasteiger partial charge in [-0.3, -0.25) is 4.79 Å². The molecule has 0 aliphatic rings. The maximum Gasteiger partial charge on any atom is 0.251 e. The Hall–Kier alpha value is -3.74. The summed E-state index contributed by atoms with van der Waals surface area (Å²) >= 11 is 0. The van der Waals surface area contributed by atoms with Crippen molar-refractivity contribution >= 4 is 5.91 Å². The Morgan fingerprint density at radius 1 is 1.04 bits per heavy atom. The molecule has 0 fully saturated rings. The van der Waals surface area contributed by atoms with E-state index in [0.29, 0.717) is 18.7 Å². The number of imidazole rings is 1. The number of hydrogen-bond acceptors (Lipinski definition) is 4. The molecular formula is C20H18N6O. The lowest BCUT2D eigenvalue weighted by molar-refractivity contribution is 0.0951. The van der Waals surface area contributed by atoms with Gasteiger partial charge in [-0.05, 0) is 29.3 Å². The number of rotatable bonds is 6. The Morgan fingerprint density at radius 3 is 2.78 bits per heavy atom. The summed E-state index contributed by atoms with van der Waals surface area (Å²) in [5.74, 6) is -0.115. The van der Waals surface area contributed by atoms with Crippen molar-refractivity contribution in [2.45, 2.75) is 13.1 Å². The summed E-state index contributed by atoms with van der Waals surface area (Å²) in [6.07, 6.45) is 8.51. The highest BCUT2D eigenvalue weighted by Gasteiger charge is 2.09. The zero-order chi connectivity index (χ0) is 18.5. The molecule has 0 aliphatic carbocycles. The average molecular weight is 358 g/mol. The van der Waals surface area contributed by atoms with Crippen LogP contribution in [0.4, 0.5) is 0 Å². The molecule has 134 valence electrons. The van der Waals surface area contributed by atoms with Crippen molar-refractivity contribution < 1.29 is 4.79 Å². The molecule has 0 aliphatic heterocycles. The zero-order valence-corrected chi connectivity index (χ0v) is 14.6. The van der Waals surface area contributed by atoms with Crippen molar-refractivity contribution in [1.82, 2.24) is 29.6 Å². The normalized spacial score (nSPS) is 10.7. The van der Waals surface area contributed by atoms with Crippen LogP contribution >= 0.6 is 0 Å². The first-order chi connectivity index (χ1) is 13.3. The van der Waals surface area contributed by atoms with Crippen molar-refractivity contribution in [2.24, 2.45) is 0 Å². The number of carbonyl (C=O) groups is 1. The summed E-state index contributed by atoms with van der Waals surface area (Å²) < 4.78 is 3.65. The second kappa shape index (κ2) is 7.65. The molecule has 0 radical (unpaired) electrons. The lowest BCUT2D eigenvalue weighted by atomic mass is 10.1. The molecule has 0 bridgehead atoms. The molecule has 1 amide bonds. The fourth-order valence-corrected chi connectivity index (χ4v) is 2.90. The number of nitrogens with zero attached hydrogens (tertiary/aromatic N) is 5. The monoisotopic (exact) mass is 358 g/mol. The highest BCUT2D eigenvalue weighted by atomic mass is 16.1. The SMILES string of the molecule is O=C(NCc1ccccc1-n1ccnc1)c1cccc(Cn2cncn2)c1. The molecule has 0 saturated heterocycles. The Morgan fingerprint density at radius 2 is 1.96 bits per heavy atom. The molecule has 0 unspecified atom stereocenters. The van der Waals surface area contributed by atoms with E-state index in [1.807, 2.05) is 59.3 Å².